The number of ether oxygens (including phenoxy) is 1. The Morgan fingerprint density at radius 1 is 1.05 bits per heavy atom. The molecule has 0 aliphatic heterocycles. The number of aryl methyl sites for hydroxylation is 1. The molecule has 0 atom stereocenters. The Morgan fingerprint density at radius 2 is 1.86 bits per heavy atom. The van der Waals surface area contributed by atoms with E-state index in [1.807, 2.05) is 20.8 Å². The zero-order valence-corrected chi connectivity index (χ0v) is 24.2. The minimum absolute atomic E-state index is 0.0369. The number of hydrogen-bond donors (Lipinski definition) is 2. The van der Waals surface area contributed by atoms with Crippen LogP contribution in [0.15, 0.2) is 84.3 Å². The second kappa shape index (κ2) is 11.2. The van der Waals surface area contributed by atoms with Gasteiger partial charge in [0.05, 0.1) is 34.3 Å². The highest BCUT2D eigenvalue weighted by atomic mass is 32.2. The van der Waals surface area contributed by atoms with Crippen LogP contribution in [0.5, 0.6) is 11.5 Å². The molecular weight excluding hydrogens is 559 g/mol. The quantitative estimate of drug-likeness (QED) is 0.234. The molecule has 0 fully saturated rings. The Bertz CT molecular complexity index is 1860. The van der Waals surface area contributed by atoms with E-state index in [2.05, 4.69) is 25.1 Å². The Labute approximate surface area is 242 Å². The van der Waals surface area contributed by atoms with E-state index in [1.54, 1.807) is 48.3 Å². The molecule has 0 saturated carbocycles. The molecule has 5 aromatic rings. The number of halogens is 1. The third-order valence-electron chi connectivity index (χ3n) is 6.31. The monoisotopic (exact) mass is 588 g/mol. The molecule has 3 heterocycles. The predicted octanol–water partition coefficient (Wildman–Crippen LogP) is 5.80. The number of rotatable bonds is 8. The maximum Gasteiger partial charge on any atom is 0.263 e. The van der Waals surface area contributed by atoms with Crippen LogP contribution < -0.4 is 14.8 Å². The molecule has 2 aromatic carbocycles. The average Bonchev–Trinajstić information content (AvgIpc) is 3.40. The van der Waals surface area contributed by atoms with Crippen molar-refractivity contribution >= 4 is 38.3 Å². The molecule has 0 unspecified atom stereocenters. The van der Waals surface area contributed by atoms with E-state index in [-0.39, 0.29) is 40.1 Å². The number of sulfonamides is 1. The van der Waals surface area contributed by atoms with Crippen molar-refractivity contribution < 1.29 is 22.3 Å². The van der Waals surface area contributed by atoms with Gasteiger partial charge in [-0.05, 0) is 81.3 Å². The number of amides is 1. The van der Waals surface area contributed by atoms with Crippen molar-refractivity contribution in [1.29, 1.82) is 0 Å². The number of nitrogens with one attached hydrogen (secondary N) is 2. The van der Waals surface area contributed by atoms with Crippen molar-refractivity contribution in [1.82, 2.24) is 19.7 Å². The lowest BCUT2D eigenvalue weighted by Crippen LogP contribution is -2.22. The van der Waals surface area contributed by atoms with Gasteiger partial charge in [-0.2, -0.15) is 5.10 Å². The number of nitrogens with zero attached hydrogens (tertiary/aromatic N) is 4. The van der Waals surface area contributed by atoms with Gasteiger partial charge in [-0.15, -0.1) is 0 Å². The van der Waals surface area contributed by atoms with Gasteiger partial charge in [0, 0.05) is 24.0 Å². The summed E-state index contributed by atoms with van der Waals surface area (Å²) < 4.78 is 51.5. The van der Waals surface area contributed by atoms with Gasteiger partial charge in [0.15, 0.2) is 11.6 Å². The van der Waals surface area contributed by atoms with Crippen molar-refractivity contribution in [2.75, 3.05) is 10.0 Å². The van der Waals surface area contributed by atoms with Gasteiger partial charge in [0.1, 0.15) is 11.6 Å². The number of pyridine rings is 2. The van der Waals surface area contributed by atoms with Gasteiger partial charge in [0.2, 0.25) is 5.91 Å². The summed E-state index contributed by atoms with van der Waals surface area (Å²) in [6.07, 6.45) is 6.22. The Hall–Kier alpha value is -4.84. The molecule has 0 aliphatic carbocycles. The number of anilines is 2. The normalized spacial score (nSPS) is 11.8. The Kier molecular flexibility index (Phi) is 7.65. The van der Waals surface area contributed by atoms with Crippen molar-refractivity contribution in [3.8, 4) is 11.5 Å². The van der Waals surface area contributed by atoms with Crippen LogP contribution in [0.25, 0.3) is 10.9 Å². The summed E-state index contributed by atoms with van der Waals surface area (Å²) in [6.45, 7) is 7.66. The molecule has 0 radical (unpaired) electrons. The number of hydrogen-bond acceptors (Lipinski definition) is 7. The first-order chi connectivity index (χ1) is 19.9. The lowest BCUT2D eigenvalue weighted by Gasteiger charge is -2.18. The molecule has 3 aromatic heterocycles. The van der Waals surface area contributed by atoms with Gasteiger partial charge in [-0.3, -0.25) is 19.2 Å². The third-order valence-corrected chi connectivity index (χ3v) is 7.66. The minimum Gasteiger partial charge on any atom is -0.453 e. The maximum absolute atomic E-state index is 15.3. The fourth-order valence-electron chi connectivity index (χ4n) is 4.26. The van der Waals surface area contributed by atoms with Gasteiger partial charge in [-0.1, -0.05) is 12.1 Å². The molecule has 10 nitrogen and oxygen atoms in total. The summed E-state index contributed by atoms with van der Waals surface area (Å²) in [6, 6.07) is 13.7. The lowest BCUT2D eigenvalue weighted by molar-refractivity contribution is -0.115. The summed E-state index contributed by atoms with van der Waals surface area (Å²) in [4.78, 5) is 20.9. The SMILES string of the molecule is Cc1cc(CC(=O)Nc2cnn(C(C)(C)C)c2)cc(F)c1Oc1ccnc2ccc(S(=O)(=O)Nc3ccccn3)cc12. The highest BCUT2D eigenvalue weighted by Crippen LogP contribution is 2.34. The van der Waals surface area contributed by atoms with Gasteiger partial charge >= 0.3 is 0 Å². The molecule has 42 heavy (non-hydrogen) atoms. The lowest BCUT2D eigenvalue weighted by atomic mass is 10.1. The second-order valence-corrected chi connectivity index (χ2v) is 12.4. The summed E-state index contributed by atoms with van der Waals surface area (Å²) in [5.74, 6) is -0.629. The Balaban J connectivity index is 1.36. The zero-order valence-electron chi connectivity index (χ0n) is 23.4. The number of carbonyl (C=O) groups excluding carboxylic acids is 1. The fraction of sp³-hybridized carbons (Fsp3) is 0.200. The molecular formula is C30H29FN6O4S. The highest BCUT2D eigenvalue weighted by molar-refractivity contribution is 7.92. The van der Waals surface area contributed by atoms with Gasteiger partial charge < -0.3 is 10.1 Å². The van der Waals surface area contributed by atoms with Gasteiger partial charge in [0.25, 0.3) is 10.0 Å². The highest BCUT2D eigenvalue weighted by Gasteiger charge is 2.19. The molecule has 12 heteroatoms. The van der Waals surface area contributed by atoms with Crippen LogP contribution in [-0.4, -0.2) is 34.1 Å². The minimum atomic E-state index is -3.97. The molecule has 5 rings (SSSR count). The first-order valence-electron chi connectivity index (χ1n) is 13.0. The van der Waals surface area contributed by atoms with Crippen molar-refractivity contribution in [2.24, 2.45) is 0 Å². The predicted molar refractivity (Wildman–Crippen MR) is 158 cm³/mol. The van der Waals surface area contributed by atoms with Crippen molar-refractivity contribution in [3.63, 3.8) is 0 Å². The van der Waals surface area contributed by atoms with E-state index in [9.17, 15) is 13.2 Å². The molecule has 0 saturated heterocycles. The fourth-order valence-corrected chi connectivity index (χ4v) is 5.30. The van der Waals surface area contributed by atoms with Crippen LogP contribution in [0.2, 0.25) is 0 Å². The van der Waals surface area contributed by atoms with E-state index in [0.717, 1.165) is 0 Å². The molecule has 216 valence electrons. The Morgan fingerprint density at radius 3 is 2.55 bits per heavy atom. The topological polar surface area (TPSA) is 128 Å². The van der Waals surface area contributed by atoms with E-state index < -0.39 is 15.8 Å². The van der Waals surface area contributed by atoms with Gasteiger partial charge in [-0.25, -0.2) is 17.8 Å². The van der Waals surface area contributed by atoms with E-state index in [1.165, 1.54) is 42.7 Å². The third kappa shape index (κ3) is 6.39. The molecule has 1 amide bonds. The van der Waals surface area contributed by atoms with Crippen LogP contribution >= 0.6 is 0 Å². The first kappa shape index (κ1) is 28.7. The summed E-state index contributed by atoms with van der Waals surface area (Å²) >= 11 is 0. The van der Waals surface area contributed by atoms with Crippen molar-refractivity contribution in [2.45, 2.75) is 44.6 Å². The molecule has 0 bridgehead atoms. The molecule has 2 N–H and O–H groups in total. The number of aromatic nitrogens is 4. The van der Waals surface area contributed by atoms with Crippen LogP contribution in [-0.2, 0) is 26.8 Å². The van der Waals surface area contributed by atoms with E-state index in [4.69, 9.17) is 4.74 Å². The summed E-state index contributed by atoms with van der Waals surface area (Å²) in [5.41, 5.74) is 1.71. The summed E-state index contributed by atoms with van der Waals surface area (Å²) in [7, 11) is -3.97. The van der Waals surface area contributed by atoms with E-state index >= 15 is 4.39 Å². The van der Waals surface area contributed by atoms with Crippen molar-refractivity contribution in [3.05, 3.63) is 96.3 Å². The number of fused-ring (bicyclic) bond motifs is 1. The number of benzene rings is 2. The molecule has 0 spiro atoms. The molecule has 0 aliphatic rings. The summed E-state index contributed by atoms with van der Waals surface area (Å²) in [5, 5.41) is 7.43. The van der Waals surface area contributed by atoms with Crippen LogP contribution in [0.1, 0.15) is 31.9 Å². The average molecular weight is 589 g/mol. The largest absolute Gasteiger partial charge is 0.453 e. The zero-order chi connectivity index (χ0) is 30.1. The maximum atomic E-state index is 15.3. The van der Waals surface area contributed by atoms with Crippen LogP contribution in [0, 0.1) is 12.7 Å². The van der Waals surface area contributed by atoms with Crippen LogP contribution in [0.4, 0.5) is 15.9 Å². The smallest absolute Gasteiger partial charge is 0.263 e. The standard InChI is InChI=1S/C30H29FN6O4S/c1-19-13-20(15-28(38)35-21-17-34-37(18-21)30(2,3)4)14-24(31)29(19)41-26-10-12-32-25-9-8-22(16-23(25)26)42(39,40)36-27-7-5-6-11-33-27/h5-14,16-18H,15H2,1-4H3,(H,33,36)(H,35,38). The van der Waals surface area contributed by atoms with E-state index in [0.29, 0.717) is 27.7 Å². The van der Waals surface area contributed by atoms with Crippen LogP contribution in [0.3, 0.4) is 0 Å². The first-order valence-corrected chi connectivity index (χ1v) is 14.5. The second-order valence-electron chi connectivity index (χ2n) is 10.7. The number of carbonyl (C=O) groups is 1.